The van der Waals surface area contributed by atoms with Crippen LogP contribution in [0.1, 0.15) is 29.5 Å². The van der Waals surface area contributed by atoms with Crippen LogP contribution in [0, 0.1) is 5.82 Å². The number of fused-ring (bicyclic) bond motifs is 1. The van der Waals surface area contributed by atoms with Crippen molar-refractivity contribution in [3.05, 3.63) is 65.0 Å². The van der Waals surface area contributed by atoms with Crippen molar-refractivity contribution in [2.45, 2.75) is 24.8 Å². The Hall–Kier alpha value is -1.87. The summed E-state index contributed by atoms with van der Waals surface area (Å²) in [6, 6.07) is 13.2. The Labute approximate surface area is 118 Å². The fraction of sp³-hybridized carbons (Fsp3) is 0.294. The molecule has 3 rings (SSSR count). The Balaban J connectivity index is 2.12. The van der Waals surface area contributed by atoms with Crippen LogP contribution in [0.15, 0.2) is 42.5 Å². The number of rotatable bonds is 2. The van der Waals surface area contributed by atoms with Crippen LogP contribution in [0.25, 0.3) is 0 Å². The number of nitrogens with two attached hydrogens (primary N) is 1. The van der Waals surface area contributed by atoms with Gasteiger partial charge in [-0.15, -0.1) is 0 Å². The fourth-order valence-electron chi connectivity index (χ4n) is 3.11. The molecule has 1 atom stereocenters. The number of hydrogen-bond donors (Lipinski definition) is 1. The van der Waals surface area contributed by atoms with E-state index in [1.807, 2.05) is 18.2 Å². The van der Waals surface area contributed by atoms with Gasteiger partial charge in [-0.25, -0.2) is 4.39 Å². The first-order valence-corrected chi connectivity index (χ1v) is 6.86. The molecule has 1 aliphatic carbocycles. The van der Waals surface area contributed by atoms with Crippen LogP contribution in [0.5, 0.6) is 5.75 Å². The highest BCUT2D eigenvalue weighted by Gasteiger charge is 2.34. The van der Waals surface area contributed by atoms with E-state index in [0.29, 0.717) is 0 Å². The summed E-state index contributed by atoms with van der Waals surface area (Å²) in [6.45, 7) is 0. The van der Waals surface area contributed by atoms with E-state index in [0.717, 1.165) is 30.4 Å². The van der Waals surface area contributed by atoms with Gasteiger partial charge in [0.1, 0.15) is 0 Å². The maximum atomic E-state index is 14.0. The highest BCUT2D eigenvalue weighted by atomic mass is 19.1. The number of methoxy groups -OCH3 is 1. The monoisotopic (exact) mass is 271 g/mol. The van der Waals surface area contributed by atoms with E-state index in [9.17, 15) is 4.39 Å². The molecule has 20 heavy (non-hydrogen) atoms. The topological polar surface area (TPSA) is 35.2 Å². The summed E-state index contributed by atoms with van der Waals surface area (Å²) in [5.74, 6) is -0.112. The lowest BCUT2D eigenvalue weighted by molar-refractivity contribution is 0.383. The van der Waals surface area contributed by atoms with E-state index in [-0.39, 0.29) is 11.6 Å². The normalized spacial score (nSPS) is 21.4. The molecule has 0 heterocycles. The minimum atomic E-state index is -0.609. The molecule has 2 aromatic rings. The number of hydrogen-bond acceptors (Lipinski definition) is 2. The molecule has 0 fully saturated rings. The lowest BCUT2D eigenvalue weighted by atomic mass is 9.73. The van der Waals surface area contributed by atoms with Crippen molar-refractivity contribution in [2.75, 3.05) is 7.11 Å². The summed E-state index contributed by atoms with van der Waals surface area (Å²) in [4.78, 5) is 0. The van der Waals surface area contributed by atoms with Crippen molar-refractivity contribution in [1.29, 1.82) is 0 Å². The first-order chi connectivity index (χ1) is 9.65. The summed E-state index contributed by atoms with van der Waals surface area (Å²) < 4.78 is 18.9. The number of halogens is 1. The van der Waals surface area contributed by atoms with Crippen molar-refractivity contribution in [1.82, 2.24) is 0 Å². The van der Waals surface area contributed by atoms with Gasteiger partial charge in [-0.3, -0.25) is 0 Å². The van der Waals surface area contributed by atoms with Gasteiger partial charge < -0.3 is 10.5 Å². The van der Waals surface area contributed by atoms with Crippen molar-refractivity contribution in [3.8, 4) is 5.75 Å². The molecule has 3 heteroatoms. The van der Waals surface area contributed by atoms with E-state index >= 15 is 0 Å². The van der Waals surface area contributed by atoms with Crippen LogP contribution in [-0.4, -0.2) is 7.11 Å². The predicted molar refractivity (Wildman–Crippen MR) is 77.3 cm³/mol. The zero-order valence-corrected chi connectivity index (χ0v) is 11.5. The van der Waals surface area contributed by atoms with Crippen molar-refractivity contribution < 1.29 is 9.13 Å². The molecular weight excluding hydrogens is 253 g/mol. The van der Waals surface area contributed by atoms with Crippen molar-refractivity contribution >= 4 is 0 Å². The Bertz CT molecular complexity index is 641. The minimum Gasteiger partial charge on any atom is -0.494 e. The molecule has 0 spiro atoms. The van der Waals surface area contributed by atoms with Crippen LogP contribution in [0.2, 0.25) is 0 Å². The van der Waals surface area contributed by atoms with Gasteiger partial charge in [0.15, 0.2) is 11.6 Å². The van der Waals surface area contributed by atoms with Gasteiger partial charge >= 0.3 is 0 Å². The predicted octanol–water partition coefficient (Wildman–Crippen LogP) is 3.37. The van der Waals surface area contributed by atoms with Crippen molar-refractivity contribution in [2.24, 2.45) is 5.73 Å². The maximum Gasteiger partial charge on any atom is 0.165 e. The Morgan fingerprint density at radius 1 is 1.20 bits per heavy atom. The lowest BCUT2D eigenvalue weighted by Crippen LogP contribution is -2.41. The van der Waals surface area contributed by atoms with Crippen LogP contribution in [0.3, 0.4) is 0 Å². The molecule has 0 aromatic heterocycles. The Morgan fingerprint density at radius 2 is 2.00 bits per heavy atom. The molecule has 0 aliphatic heterocycles. The number of aryl methyl sites for hydroxylation is 1. The first-order valence-electron chi connectivity index (χ1n) is 6.86. The molecule has 0 amide bonds. The van der Waals surface area contributed by atoms with Gasteiger partial charge in [0, 0.05) is 0 Å². The lowest BCUT2D eigenvalue weighted by Gasteiger charge is -2.36. The van der Waals surface area contributed by atoms with E-state index in [1.54, 1.807) is 6.07 Å². The average Bonchev–Trinajstić information content (AvgIpc) is 2.48. The third-order valence-corrected chi connectivity index (χ3v) is 4.18. The molecule has 0 saturated carbocycles. The zero-order chi connectivity index (χ0) is 14.2. The second-order valence-electron chi connectivity index (χ2n) is 5.33. The van der Waals surface area contributed by atoms with E-state index in [2.05, 4.69) is 12.1 Å². The molecular formula is C17H18FNO. The highest BCUT2D eigenvalue weighted by Crippen LogP contribution is 2.39. The number of ether oxygens (including phenoxy) is 1. The smallest absolute Gasteiger partial charge is 0.165 e. The van der Waals surface area contributed by atoms with Crippen LogP contribution in [0.4, 0.5) is 4.39 Å². The van der Waals surface area contributed by atoms with Gasteiger partial charge in [0.05, 0.1) is 12.6 Å². The maximum absolute atomic E-state index is 14.0. The summed E-state index contributed by atoms with van der Waals surface area (Å²) in [5, 5.41) is 0. The highest BCUT2D eigenvalue weighted by molar-refractivity contribution is 5.46. The summed E-state index contributed by atoms with van der Waals surface area (Å²) in [5.41, 5.74) is 9.21. The summed E-state index contributed by atoms with van der Waals surface area (Å²) >= 11 is 0. The van der Waals surface area contributed by atoms with E-state index in [4.69, 9.17) is 10.5 Å². The second kappa shape index (κ2) is 4.91. The molecule has 104 valence electrons. The Kier molecular flexibility index (Phi) is 3.22. The summed E-state index contributed by atoms with van der Waals surface area (Å²) in [7, 11) is 1.46. The van der Waals surface area contributed by atoms with Gasteiger partial charge in [0.25, 0.3) is 0 Å². The van der Waals surface area contributed by atoms with E-state index < -0.39 is 5.54 Å². The second-order valence-corrected chi connectivity index (χ2v) is 5.33. The molecule has 1 unspecified atom stereocenters. The molecule has 1 aliphatic rings. The average molecular weight is 271 g/mol. The molecule has 0 saturated heterocycles. The molecule has 0 radical (unpaired) electrons. The van der Waals surface area contributed by atoms with E-state index in [1.165, 1.54) is 18.7 Å². The van der Waals surface area contributed by atoms with Crippen LogP contribution >= 0.6 is 0 Å². The van der Waals surface area contributed by atoms with Gasteiger partial charge in [0.2, 0.25) is 0 Å². The first kappa shape index (κ1) is 13.1. The molecule has 2 nitrogen and oxygen atoms in total. The Morgan fingerprint density at radius 3 is 2.75 bits per heavy atom. The third kappa shape index (κ3) is 1.98. The molecule has 2 aromatic carbocycles. The third-order valence-electron chi connectivity index (χ3n) is 4.18. The zero-order valence-electron chi connectivity index (χ0n) is 11.5. The minimum absolute atomic E-state index is 0.251. The van der Waals surface area contributed by atoms with Gasteiger partial charge in [-0.2, -0.15) is 0 Å². The fourth-order valence-corrected chi connectivity index (χ4v) is 3.11. The van der Waals surface area contributed by atoms with Crippen LogP contribution in [-0.2, 0) is 12.0 Å². The van der Waals surface area contributed by atoms with Gasteiger partial charge in [-0.05, 0) is 48.1 Å². The van der Waals surface area contributed by atoms with Crippen LogP contribution < -0.4 is 10.5 Å². The molecule has 2 N–H and O–H groups in total. The SMILES string of the molecule is COc1ccc(C2(N)CCCc3ccccc32)cc1F. The molecule has 0 bridgehead atoms. The summed E-state index contributed by atoms with van der Waals surface area (Å²) in [6.07, 6.45) is 2.88. The standard InChI is InChI=1S/C17H18FNO/c1-20-16-9-8-13(11-15(16)18)17(19)10-4-6-12-5-2-3-7-14(12)17/h2-3,5,7-9,11H,4,6,10,19H2,1H3. The number of benzene rings is 2. The van der Waals surface area contributed by atoms with Gasteiger partial charge in [-0.1, -0.05) is 30.3 Å². The van der Waals surface area contributed by atoms with Crippen molar-refractivity contribution in [3.63, 3.8) is 0 Å². The largest absolute Gasteiger partial charge is 0.494 e. The quantitative estimate of drug-likeness (QED) is 0.909.